The Bertz CT molecular complexity index is 1980. The van der Waals surface area contributed by atoms with E-state index in [1.807, 2.05) is 22.2 Å². The van der Waals surface area contributed by atoms with Crippen molar-refractivity contribution < 1.29 is 19.2 Å². The average molecular weight is 755 g/mol. The van der Waals surface area contributed by atoms with Crippen molar-refractivity contribution in [3.05, 3.63) is 72.6 Å². The number of carbonyl (C=O) groups is 4. The number of nitrogens with zero attached hydrogens (tertiary/aromatic N) is 6. The van der Waals surface area contributed by atoms with E-state index in [-0.39, 0.29) is 59.9 Å². The van der Waals surface area contributed by atoms with Crippen LogP contribution in [0.5, 0.6) is 0 Å². The summed E-state index contributed by atoms with van der Waals surface area (Å²) in [5.41, 5.74) is 5.88. The molecule has 56 heavy (non-hydrogen) atoms. The maximum atomic E-state index is 13.6. The van der Waals surface area contributed by atoms with E-state index in [0.717, 1.165) is 109 Å². The summed E-state index contributed by atoms with van der Waals surface area (Å²) in [5, 5.41) is 0. The van der Waals surface area contributed by atoms with E-state index in [4.69, 9.17) is 9.97 Å². The maximum absolute atomic E-state index is 13.6. The van der Waals surface area contributed by atoms with Crippen molar-refractivity contribution in [2.75, 3.05) is 13.1 Å². The topological polar surface area (TPSA) is 139 Å². The molecule has 4 aromatic rings. The van der Waals surface area contributed by atoms with Crippen LogP contribution in [0.15, 0.2) is 60.9 Å². The van der Waals surface area contributed by atoms with Gasteiger partial charge >= 0.3 is 23.6 Å². The molecule has 12 nitrogen and oxygen atoms in total. The number of hydrogen-bond donors (Lipinski definition) is 2. The number of carbonyl (C=O) groups excluding carboxylic acids is 4. The highest BCUT2D eigenvalue weighted by molar-refractivity contribution is 6.35. The third-order valence-electron chi connectivity index (χ3n) is 13.0. The molecule has 290 valence electrons. The highest BCUT2D eigenvalue weighted by atomic mass is 16.2. The van der Waals surface area contributed by atoms with Gasteiger partial charge in [0.05, 0.1) is 35.9 Å². The fraction of sp³-hybridized carbons (Fsp3) is 0.500. The maximum Gasteiger partial charge on any atom is 0.312 e. The molecular weight excluding hydrogens is 705 g/mol. The van der Waals surface area contributed by atoms with E-state index in [9.17, 15) is 19.2 Å². The minimum absolute atomic E-state index is 0.190. The molecule has 0 spiro atoms. The lowest BCUT2D eigenvalue weighted by atomic mass is 10.0. The first-order chi connectivity index (χ1) is 27.2. The summed E-state index contributed by atoms with van der Waals surface area (Å²) in [4.78, 5) is 77.6. The van der Waals surface area contributed by atoms with Crippen LogP contribution < -0.4 is 0 Å². The van der Waals surface area contributed by atoms with Gasteiger partial charge in [-0.2, -0.15) is 0 Å². The Kier molecular flexibility index (Phi) is 8.63. The smallest absolute Gasteiger partial charge is 0.312 e. The zero-order chi connectivity index (χ0) is 38.2. The van der Waals surface area contributed by atoms with E-state index in [1.54, 1.807) is 9.80 Å². The summed E-state index contributed by atoms with van der Waals surface area (Å²) < 4.78 is 0. The van der Waals surface area contributed by atoms with Gasteiger partial charge < -0.3 is 29.6 Å². The third kappa shape index (κ3) is 6.50. The summed E-state index contributed by atoms with van der Waals surface area (Å²) >= 11 is 0. The molecule has 4 atom stereocenters. The first-order valence-electron chi connectivity index (χ1n) is 20.8. The van der Waals surface area contributed by atoms with Gasteiger partial charge in [-0.15, -0.1) is 0 Å². The molecule has 12 heteroatoms. The van der Waals surface area contributed by atoms with Crippen molar-refractivity contribution in [2.45, 2.75) is 114 Å². The molecule has 3 unspecified atom stereocenters. The molecular formula is C44H50N8O4. The van der Waals surface area contributed by atoms with Crippen LogP contribution in [0.1, 0.15) is 102 Å². The van der Waals surface area contributed by atoms with Gasteiger partial charge in [-0.3, -0.25) is 19.2 Å². The summed E-state index contributed by atoms with van der Waals surface area (Å²) in [6.07, 6.45) is 13.3. The Labute approximate surface area is 327 Å². The van der Waals surface area contributed by atoms with Crippen LogP contribution >= 0.6 is 0 Å². The molecule has 4 heterocycles. The van der Waals surface area contributed by atoms with E-state index in [2.05, 4.69) is 72.3 Å². The number of benzene rings is 2. The number of imidazole rings is 2. The molecule has 6 aliphatic rings. The molecule has 4 amide bonds. The molecule has 0 radical (unpaired) electrons. The lowest BCUT2D eigenvalue weighted by Gasteiger charge is -2.28. The summed E-state index contributed by atoms with van der Waals surface area (Å²) in [5.74, 6) is 0.370. The van der Waals surface area contributed by atoms with Crippen LogP contribution in [0.2, 0.25) is 0 Å². The van der Waals surface area contributed by atoms with Gasteiger partial charge in [0.2, 0.25) is 0 Å². The first-order valence-corrected chi connectivity index (χ1v) is 20.8. The zero-order valence-corrected chi connectivity index (χ0v) is 32.2. The van der Waals surface area contributed by atoms with Crippen LogP contribution in [0.3, 0.4) is 0 Å². The van der Waals surface area contributed by atoms with Crippen molar-refractivity contribution in [1.29, 1.82) is 0 Å². The largest absolute Gasteiger partial charge is 0.340 e. The molecule has 10 rings (SSSR count). The third-order valence-corrected chi connectivity index (χ3v) is 13.0. The summed E-state index contributed by atoms with van der Waals surface area (Å²) in [6.45, 7) is 5.38. The first kappa shape index (κ1) is 35.2. The number of aromatic nitrogens is 4. The average Bonchev–Trinajstić information content (AvgIpc) is 4.08. The minimum atomic E-state index is -0.390. The van der Waals surface area contributed by atoms with Crippen molar-refractivity contribution in [3.8, 4) is 33.6 Å². The molecule has 2 saturated heterocycles. The molecule has 4 aliphatic carbocycles. The number of aromatic amines is 2. The second-order valence-corrected chi connectivity index (χ2v) is 17.3. The molecule has 2 aromatic heterocycles. The standard InChI is InChI=1S/C44H50N8O4/c1-25-19-21-49(41(53)43(55)51(31-11-12-31)32-13-14-32)37(25)39-45-23-35(47-39)29-7-3-27(4-8-29)28-5-9-30(10-6-28)36-24-46-40(48-36)38-26(2)20-22-50(38)42(54)44(56)52(33-15-16-33)34-17-18-34/h3-10,23-26,31-34,37-38H,11-22H2,1-2H3,(H,45,47)(H,46,48)/t25-,26?,37?,38?/m0/s1. The molecule has 2 aromatic carbocycles. The van der Waals surface area contributed by atoms with Crippen LogP contribution in [0, 0.1) is 11.8 Å². The van der Waals surface area contributed by atoms with Crippen LogP contribution in [-0.4, -0.2) is 100 Å². The van der Waals surface area contributed by atoms with Crippen molar-refractivity contribution in [2.24, 2.45) is 11.8 Å². The molecule has 6 fully saturated rings. The Hall–Kier alpha value is -5.26. The second-order valence-electron chi connectivity index (χ2n) is 17.3. The number of hydrogen-bond acceptors (Lipinski definition) is 6. The van der Waals surface area contributed by atoms with Crippen LogP contribution in [0.4, 0.5) is 0 Å². The monoisotopic (exact) mass is 754 g/mol. The number of H-pyrrole nitrogens is 2. The van der Waals surface area contributed by atoms with Gasteiger partial charge in [-0.25, -0.2) is 9.97 Å². The number of rotatable bonds is 9. The predicted molar refractivity (Wildman–Crippen MR) is 209 cm³/mol. The van der Waals surface area contributed by atoms with E-state index >= 15 is 0 Å². The van der Waals surface area contributed by atoms with Gasteiger partial charge in [0.1, 0.15) is 11.6 Å². The van der Waals surface area contributed by atoms with Gasteiger partial charge in [-0.1, -0.05) is 62.4 Å². The quantitative estimate of drug-likeness (QED) is 0.194. The molecule has 0 bridgehead atoms. The van der Waals surface area contributed by atoms with Crippen LogP contribution in [0.25, 0.3) is 33.6 Å². The van der Waals surface area contributed by atoms with E-state index < -0.39 is 11.8 Å². The lowest BCUT2D eigenvalue weighted by molar-refractivity contribution is -0.153. The highest BCUT2D eigenvalue weighted by Gasteiger charge is 2.49. The van der Waals surface area contributed by atoms with Crippen LogP contribution in [-0.2, 0) is 19.2 Å². The van der Waals surface area contributed by atoms with Gasteiger partial charge in [0.15, 0.2) is 0 Å². The second kappa shape index (κ2) is 13.7. The predicted octanol–water partition coefficient (Wildman–Crippen LogP) is 6.26. The Balaban J connectivity index is 0.803. The fourth-order valence-corrected chi connectivity index (χ4v) is 9.27. The summed E-state index contributed by atoms with van der Waals surface area (Å²) in [7, 11) is 0. The molecule has 2 N–H and O–H groups in total. The number of amides is 4. The van der Waals surface area contributed by atoms with Gasteiger partial charge in [-0.05, 0) is 98.3 Å². The summed E-state index contributed by atoms with van der Waals surface area (Å²) in [6, 6.07) is 17.1. The zero-order valence-electron chi connectivity index (χ0n) is 32.2. The Morgan fingerprint density at radius 3 is 1.16 bits per heavy atom. The van der Waals surface area contributed by atoms with Crippen molar-refractivity contribution >= 4 is 23.6 Å². The Morgan fingerprint density at radius 2 is 0.839 bits per heavy atom. The molecule has 2 aliphatic heterocycles. The van der Waals surface area contributed by atoms with Crippen molar-refractivity contribution in [3.63, 3.8) is 0 Å². The van der Waals surface area contributed by atoms with E-state index in [1.165, 1.54) is 0 Å². The van der Waals surface area contributed by atoms with Crippen molar-refractivity contribution in [1.82, 2.24) is 39.5 Å². The number of likely N-dealkylation sites (tertiary alicyclic amines) is 2. The van der Waals surface area contributed by atoms with Gasteiger partial charge in [0.25, 0.3) is 0 Å². The normalized spacial score (nSPS) is 24.8. The molecule has 4 saturated carbocycles. The van der Waals surface area contributed by atoms with E-state index in [0.29, 0.717) is 13.1 Å². The minimum Gasteiger partial charge on any atom is -0.340 e. The SMILES string of the molecule is CC1CCN(C(=O)C(=O)N(C2CC2)C2CC2)C1c1ncc(-c2ccc(-c3ccc(-c4cnc(C5[C@@H](C)CCN5C(=O)C(=O)N(C5CC5)C5CC5)[nH]4)cc3)cc2)[nH]1. The number of nitrogens with one attached hydrogen (secondary N) is 2. The highest BCUT2D eigenvalue weighted by Crippen LogP contribution is 2.42. The van der Waals surface area contributed by atoms with Gasteiger partial charge in [0, 0.05) is 37.3 Å². The lowest BCUT2D eigenvalue weighted by Crippen LogP contribution is -2.47. The Morgan fingerprint density at radius 1 is 0.518 bits per heavy atom. The fourth-order valence-electron chi connectivity index (χ4n) is 9.27.